The molecule has 4 amide bonds. The number of benzene rings is 2. The van der Waals surface area contributed by atoms with Crippen LogP contribution in [0.15, 0.2) is 54.9 Å². The van der Waals surface area contributed by atoms with Gasteiger partial charge in [0.15, 0.2) is 11.4 Å². The summed E-state index contributed by atoms with van der Waals surface area (Å²) < 4.78 is 21.0. The van der Waals surface area contributed by atoms with Crippen LogP contribution in [-0.2, 0) is 21.6 Å². The van der Waals surface area contributed by atoms with E-state index in [1.54, 1.807) is 24.3 Å². The molecule has 1 fully saturated rings. The van der Waals surface area contributed by atoms with Crippen molar-refractivity contribution in [2.45, 2.75) is 30.9 Å². The Morgan fingerprint density at radius 3 is 2.62 bits per heavy atom. The Bertz CT molecular complexity index is 1540. The van der Waals surface area contributed by atoms with E-state index in [-0.39, 0.29) is 53.7 Å². The summed E-state index contributed by atoms with van der Waals surface area (Å²) in [6, 6.07) is 10.8. The fraction of sp³-hybridized carbons (Fsp3) is 0.286. The Morgan fingerprint density at radius 2 is 1.93 bits per heavy atom. The Kier molecular flexibility index (Phi) is 7.94. The molecule has 2 aliphatic rings. The lowest BCUT2D eigenvalue weighted by atomic mass is 9.82. The number of fused-ring (bicyclic) bond motifs is 2. The van der Waals surface area contributed by atoms with Crippen molar-refractivity contribution in [3.63, 3.8) is 0 Å². The third kappa shape index (κ3) is 5.68. The second kappa shape index (κ2) is 11.6. The molecule has 0 radical (unpaired) electrons. The minimum absolute atomic E-state index is 0.0653. The monoisotopic (exact) mass is 596 g/mol. The van der Waals surface area contributed by atoms with Gasteiger partial charge in [-0.25, -0.2) is 23.9 Å². The van der Waals surface area contributed by atoms with Gasteiger partial charge in [0.05, 0.1) is 40.9 Å². The lowest BCUT2D eigenvalue weighted by Gasteiger charge is -2.45. The zero-order valence-corrected chi connectivity index (χ0v) is 23.1. The molecule has 218 valence electrons. The van der Waals surface area contributed by atoms with Crippen LogP contribution < -0.4 is 15.5 Å². The quantitative estimate of drug-likeness (QED) is 0.388. The number of ether oxygens (including phenoxy) is 1. The summed E-state index contributed by atoms with van der Waals surface area (Å²) in [5.74, 6) is -2.24. The molecule has 1 spiro atoms. The summed E-state index contributed by atoms with van der Waals surface area (Å²) in [5.41, 5.74) is -0.282. The number of anilines is 2. The molecule has 3 N–H and O–H groups in total. The van der Waals surface area contributed by atoms with Gasteiger partial charge in [-0.15, -0.1) is 0 Å². The molecular weight excluding hydrogens is 571 g/mol. The summed E-state index contributed by atoms with van der Waals surface area (Å²) in [5, 5.41) is 14.2. The first kappa shape index (κ1) is 28.7. The third-order valence-corrected chi connectivity index (χ3v) is 7.54. The number of nitrogens with one attached hydrogen (secondary N) is 2. The van der Waals surface area contributed by atoms with Gasteiger partial charge in [0.1, 0.15) is 6.04 Å². The Balaban J connectivity index is 1.42. The molecule has 0 saturated carbocycles. The highest BCUT2D eigenvalue weighted by molar-refractivity contribution is 6.31. The number of halogens is 2. The number of rotatable bonds is 6. The molecule has 0 bridgehead atoms. The molecule has 1 saturated heterocycles. The van der Waals surface area contributed by atoms with Crippen molar-refractivity contribution in [3.8, 4) is 0 Å². The number of hydrogen-bond donors (Lipinski definition) is 3. The number of hydrogen-bond acceptors (Lipinski definition) is 7. The average Bonchev–Trinajstić information content (AvgIpc) is 2.98. The predicted octanol–water partition coefficient (Wildman–Crippen LogP) is 3.80. The van der Waals surface area contributed by atoms with Crippen LogP contribution in [0.3, 0.4) is 0 Å². The molecule has 3 aromatic rings. The van der Waals surface area contributed by atoms with Gasteiger partial charge in [-0.1, -0.05) is 41.9 Å². The van der Waals surface area contributed by atoms with E-state index >= 15 is 4.39 Å². The van der Waals surface area contributed by atoms with Gasteiger partial charge in [0.25, 0.3) is 5.91 Å². The molecule has 5 rings (SSSR count). The maximum Gasteiger partial charge on any atom is 0.412 e. The average molecular weight is 597 g/mol. The van der Waals surface area contributed by atoms with Gasteiger partial charge in [-0.05, 0) is 30.5 Å². The van der Waals surface area contributed by atoms with Gasteiger partial charge in [0, 0.05) is 20.0 Å². The van der Waals surface area contributed by atoms with Crippen LogP contribution in [0.5, 0.6) is 0 Å². The highest BCUT2D eigenvalue weighted by atomic mass is 35.5. The number of likely N-dealkylation sites (tertiary alicyclic amines) is 1. The van der Waals surface area contributed by atoms with Gasteiger partial charge < -0.3 is 20.1 Å². The lowest BCUT2D eigenvalue weighted by molar-refractivity contribution is -0.141. The van der Waals surface area contributed by atoms with E-state index < -0.39 is 41.5 Å². The first-order valence-corrected chi connectivity index (χ1v) is 13.4. The van der Waals surface area contributed by atoms with Crippen LogP contribution in [0.2, 0.25) is 5.02 Å². The van der Waals surface area contributed by atoms with Crippen LogP contribution in [-0.4, -0.2) is 70.2 Å². The first-order valence-electron chi connectivity index (χ1n) is 13.0. The Morgan fingerprint density at radius 1 is 1.21 bits per heavy atom. The van der Waals surface area contributed by atoms with Crippen LogP contribution in [0.4, 0.5) is 25.4 Å². The first-order chi connectivity index (χ1) is 20.1. The molecule has 0 unspecified atom stereocenters. The maximum absolute atomic E-state index is 15.3. The van der Waals surface area contributed by atoms with Crippen molar-refractivity contribution < 1.29 is 33.4 Å². The number of nitrogens with zero attached hydrogens (tertiary/aromatic N) is 4. The third-order valence-electron chi connectivity index (χ3n) is 7.24. The minimum Gasteiger partial charge on any atom is -0.465 e. The van der Waals surface area contributed by atoms with E-state index in [9.17, 15) is 19.2 Å². The fourth-order valence-corrected chi connectivity index (χ4v) is 5.33. The van der Waals surface area contributed by atoms with Crippen LogP contribution >= 0.6 is 11.6 Å². The zero-order chi connectivity index (χ0) is 30.0. The predicted molar refractivity (Wildman–Crippen MR) is 149 cm³/mol. The molecule has 3 heterocycles. The summed E-state index contributed by atoms with van der Waals surface area (Å²) in [7, 11) is 1.30. The van der Waals surface area contributed by atoms with Crippen LogP contribution in [0.1, 0.15) is 34.6 Å². The van der Waals surface area contributed by atoms with Crippen molar-refractivity contribution in [3.05, 3.63) is 82.6 Å². The Hall–Kier alpha value is -4.78. The zero-order valence-electron chi connectivity index (χ0n) is 22.3. The normalized spacial score (nSPS) is 18.4. The number of piperidine rings is 1. The molecule has 0 aliphatic carbocycles. The summed E-state index contributed by atoms with van der Waals surface area (Å²) in [6.45, 7) is 0.119. The van der Waals surface area contributed by atoms with Gasteiger partial charge >= 0.3 is 12.2 Å². The molecule has 2 atom stereocenters. The summed E-state index contributed by atoms with van der Waals surface area (Å²) >= 11 is 6.07. The van der Waals surface area contributed by atoms with Crippen molar-refractivity contribution in [2.75, 3.05) is 30.4 Å². The standard InChI is InChI=1S/C28H26ClFN6O6/c1-35(27(40)41)17-13-31-23(32-14-17)24(37)33-20(12-16-6-3-2-4-7-16)25(38)36-11-5-10-28(15-36)21-19(34-26(39)42-28)9-8-18(29)22(21)30/h2-4,6-9,13-14,20H,5,10-12,15H2,1H3,(H,33,37)(H,34,39)(H,40,41)/t20-,28-/m0/s1. The highest BCUT2D eigenvalue weighted by Gasteiger charge is 2.49. The summed E-state index contributed by atoms with van der Waals surface area (Å²) in [4.78, 5) is 61.0. The van der Waals surface area contributed by atoms with E-state index in [0.717, 1.165) is 10.5 Å². The maximum atomic E-state index is 15.3. The van der Waals surface area contributed by atoms with Gasteiger partial charge in [-0.3, -0.25) is 19.8 Å². The van der Waals surface area contributed by atoms with Crippen LogP contribution in [0.25, 0.3) is 0 Å². The number of carbonyl (C=O) groups excluding carboxylic acids is 3. The molecular formula is C28H26ClFN6O6. The largest absolute Gasteiger partial charge is 0.465 e. The molecule has 1 aromatic heterocycles. The van der Waals surface area contributed by atoms with Crippen molar-refractivity contribution in [2.24, 2.45) is 0 Å². The topological polar surface area (TPSA) is 154 Å². The van der Waals surface area contributed by atoms with E-state index in [1.807, 2.05) is 6.07 Å². The lowest BCUT2D eigenvalue weighted by Crippen LogP contribution is -2.58. The number of carboxylic acid groups (broad SMARTS) is 1. The number of carbonyl (C=O) groups is 4. The minimum atomic E-state index is -1.48. The second-order valence-corrected chi connectivity index (χ2v) is 10.4. The van der Waals surface area contributed by atoms with E-state index in [0.29, 0.717) is 6.42 Å². The van der Waals surface area contributed by atoms with Crippen LogP contribution in [0, 0.1) is 5.82 Å². The van der Waals surface area contributed by atoms with Gasteiger partial charge in [-0.2, -0.15) is 0 Å². The fourth-order valence-electron chi connectivity index (χ4n) is 5.18. The Labute approximate surface area is 244 Å². The number of amides is 4. The van der Waals surface area contributed by atoms with Crippen molar-refractivity contribution >= 4 is 47.0 Å². The second-order valence-electron chi connectivity index (χ2n) is 9.98. The highest BCUT2D eigenvalue weighted by Crippen LogP contribution is 2.45. The molecule has 2 aromatic carbocycles. The van der Waals surface area contributed by atoms with E-state index in [2.05, 4.69) is 20.6 Å². The SMILES string of the molecule is CN(C(=O)O)c1cnc(C(=O)N[C@@H](Cc2ccccc2)C(=O)N2CCC[C@@]3(C2)OC(=O)Nc2ccc(Cl)c(F)c23)nc1. The van der Waals surface area contributed by atoms with E-state index in [1.165, 1.54) is 36.5 Å². The smallest absolute Gasteiger partial charge is 0.412 e. The number of aromatic nitrogens is 2. The molecule has 14 heteroatoms. The van der Waals surface area contributed by atoms with E-state index in [4.69, 9.17) is 21.4 Å². The van der Waals surface area contributed by atoms with Gasteiger partial charge in [0.2, 0.25) is 11.7 Å². The van der Waals surface area contributed by atoms with Crippen molar-refractivity contribution in [1.82, 2.24) is 20.2 Å². The van der Waals surface area contributed by atoms with Crippen molar-refractivity contribution in [1.29, 1.82) is 0 Å². The molecule has 12 nitrogen and oxygen atoms in total. The summed E-state index contributed by atoms with van der Waals surface area (Å²) in [6.07, 6.45) is 1.12. The molecule has 2 aliphatic heterocycles. The molecule has 42 heavy (non-hydrogen) atoms.